The van der Waals surface area contributed by atoms with Gasteiger partial charge < -0.3 is 33.0 Å². The average molecular weight is 671 g/mol. The summed E-state index contributed by atoms with van der Waals surface area (Å²) in [5.41, 5.74) is 0.0264. The zero-order chi connectivity index (χ0) is 33.6. The molecule has 1 aliphatic rings. The molecular formula is C31H51N2O10PSi. The van der Waals surface area contributed by atoms with Crippen LogP contribution < -0.4 is 11.2 Å². The first-order valence-corrected chi connectivity index (χ1v) is 20.5. The number of hydrogen-bond acceptors (Lipinski definition) is 10. The molecule has 0 bridgehead atoms. The number of benzene rings is 1. The first kappa shape index (κ1) is 37.5. The molecule has 0 saturated carbocycles. The summed E-state index contributed by atoms with van der Waals surface area (Å²) < 4.78 is 51.5. The molecule has 3 rings (SSSR count). The average Bonchev–Trinajstić information content (AvgIpc) is 3.29. The van der Waals surface area contributed by atoms with Crippen molar-refractivity contribution in [1.82, 2.24) is 9.13 Å². The highest BCUT2D eigenvalue weighted by atomic mass is 31.2. The van der Waals surface area contributed by atoms with Crippen molar-refractivity contribution in [1.29, 1.82) is 0 Å². The van der Waals surface area contributed by atoms with Crippen molar-refractivity contribution >= 4 is 15.7 Å². The van der Waals surface area contributed by atoms with Crippen molar-refractivity contribution in [2.75, 3.05) is 39.8 Å². The molecular weight excluding hydrogens is 619 g/mol. The van der Waals surface area contributed by atoms with Crippen LogP contribution in [0.15, 0.2) is 46.1 Å². The number of aromatic nitrogens is 2. The van der Waals surface area contributed by atoms with Crippen LogP contribution in [0.5, 0.6) is 0 Å². The number of aliphatic hydroxyl groups excluding tert-OH is 1. The molecule has 1 aromatic heterocycles. The Morgan fingerprint density at radius 1 is 1.11 bits per heavy atom. The highest BCUT2D eigenvalue weighted by molar-refractivity contribution is 7.58. The molecule has 2 heterocycles. The van der Waals surface area contributed by atoms with E-state index < -0.39 is 57.6 Å². The molecule has 1 aliphatic heterocycles. The van der Waals surface area contributed by atoms with Crippen molar-refractivity contribution < 1.29 is 37.6 Å². The van der Waals surface area contributed by atoms with Crippen LogP contribution in [0.3, 0.4) is 0 Å². The Morgan fingerprint density at radius 2 is 1.78 bits per heavy atom. The second-order valence-corrected chi connectivity index (χ2v) is 20.5. The Bertz CT molecular complexity index is 1410. The van der Waals surface area contributed by atoms with Gasteiger partial charge in [-0.1, -0.05) is 51.1 Å². The van der Waals surface area contributed by atoms with Crippen molar-refractivity contribution in [3.63, 3.8) is 0 Å². The maximum Gasteiger partial charge on any atom is 0.335 e. The topological polar surface area (TPSA) is 137 Å². The van der Waals surface area contributed by atoms with Crippen LogP contribution in [-0.4, -0.2) is 86.7 Å². The van der Waals surface area contributed by atoms with Gasteiger partial charge in [0.2, 0.25) is 7.37 Å². The molecule has 1 saturated heterocycles. The monoisotopic (exact) mass is 670 g/mol. The number of aliphatic hydroxyl groups is 1. The number of aryl methyl sites for hydroxylation is 1. The quantitative estimate of drug-likeness (QED) is 0.158. The number of nitrogens with zero attached hydrogens (tertiary/aromatic N) is 2. The van der Waals surface area contributed by atoms with Crippen LogP contribution in [0, 0.1) is 6.92 Å². The van der Waals surface area contributed by atoms with E-state index in [2.05, 4.69) is 33.9 Å². The van der Waals surface area contributed by atoms with Crippen molar-refractivity contribution in [2.24, 2.45) is 0 Å². The van der Waals surface area contributed by atoms with Gasteiger partial charge in [-0.15, -0.1) is 0 Å². The Hall–Kier alpha value is -1.93. The number of methoxy groups -OCH3 is 1. The van der Waals surface area contributed by atoms with Crippen LogP contribution >= 0.6 is 7.37 Å². The zero-order valence-corrected chi connectivity index (χ0v) is 30.0. The van der Waals surface area contributed by atoms with Crippen LogP contribution in [0.4, 0.5) is 0 Å². The van der Waals surface area contributed by atoms with Gasteiger partial charge in [0, 0.05) is 25.5 Å². The third-order valence-corrected chi connectivity index (χ3v) is 14.6. The molecule has 0 amide bonds. The van der Waals surface area contributed by atoms with Crippen LogP contribution in [0.2, 0.25) is 18.1 Å². The summed E-state index contributed by atoms with van der Waals surface area (Å²) in [6, 6.07) is 9.43. The Balaban J connectivity index is 2.07. The van der Waals surface area contributed by atoms with Gasteiger partial charge in [-0.2, -0.15) is 0 Å². The molecule has 2 aromatic rings. The Morgan fingerprint density at radius 3 is 2.38 bits per heavy atom. The summed E-state index contributed by atoms with van der Waals surface area (Å²) in [7, 11) is -4.15. The predicted octanol–water partition coefficient (Wildman–Crippen LogP) is 4.12. The third kappa shape index (κ3) is 9.56. The third-order valence-electron chi connectivity index (χ3n) is 8.33. The van der Waals surface area contributed by atoms with E-state index in [1.54, 1.807) is 21.0 Å². The first-order chi connectivity index (χ1) is 21.0. The van der Waals surface area contributed by atoms with Gasteiger partial charge in [-0.25, -0.2) is 9.36 Å². The molecule has 12 nitrogen and oxygen atoms in total. The minimum absolute atomic E-state index is 0.153. The number of ether oxygens (including phenoxy) is 4. The second-order valence-electron chi connectivity index (χ2n) is 13.0. The van der Waals surface area contributed by atoms with E-state index in [-0.39, 0.29) is 49.9 Å². The molecule has 1 unspecified atom stereocenters. The van der Waals surface area contributed by atoms with Crippen molar-refractivity contribution in [3.05, 3.63) is 68.5 Å². The smallest absolute Gasteiger partial charge is 0.335 e. The lowest BCUT2D eigenvalue weighted by molar-refractivity contribution is -0.0911. The fourth-order valence-electron chi connectivity index (χ4n) is 4.95. The summed E-state index contributed by atoms with van der Waals surface area (Å²) >= 11 is 0. The minimum Gasteiger partial charge on any atom is -0.408 e. The Kier molecular flexibility index (Phi) is 13.2. The molecule has 0 spiro atoms. The van der Waals surface area contributed by atoms with Crippen LogP contribution in [0.1, 0.15) is 45.0 Å². The maximum atomic E-state index is 13.9. The molecule has 254 valence electrons. The highest BCUT2D eigenvalue weighted by Gasteiger charge is 2.54. The van der Waals surface area contributed by atoms with Gasteiger partial charge >= 0.3 is 5.69 Å². The molecule has 0 radical (unpaired) electrons. The maximum absolute atomic E-state index is 13.9. The molecule has 1 aromatic carbocycles. The number of rotatable bonds is 16. The van der Waals surface area contributed by atoms with E-state index >= 15 is 0 Å². The van der Waals surface area contributed by atoms with Crippen molar-refractivity contribution in [2.45, 2.75) is 96.7 Å². The summed E-state index contributed by atoms with van der Waals surface area (Å²) in [6.45, 7) is 15.8. The summed E-state index contributed by atoms with van der Waals surface area (Å²) in [5, 5.41) is 11.3. The van der Waals surface area contributed by atoms with Crippen LogP contribution in [-0.2, 0) is 45.8 Å². The van der Waals surface area contributed by atoms with E-state index in [0.29, 0.717) is 0 Å². The number of hydrogen-bond donors (Lipinski definition) is 1. The molecule has 1 fully saturated rings. The molecule has 1 N–H and O–H groups in total. The van der Waals surface area contributed by atoms with E-state index in [0.717, 1.165) is 10.1 Å². The lowest BCUT2D eigenvalue weighted by atomic mass is 10.1. The van der Waals surface area contributed by atoms with E-state index in [4.69, 9.17) is 27.9 Å². The van der Waals surface area contributed by atoms with Gasteiger partial charge in [0.05, 0.1) is 38.7 Å². The fourth-order valence-corrected chi connectivity index (χ4v) is 7.79. The van der Waals surface area contributed by atoms with E-state index in [1.165, 1.54) is 17.4 Å². The van der Waals surface area contributed by atoms with Gasteiger partial charge in [0.15, 0.2) is 14.5 Å². The second kappa shape index (κ2) is 15.8. The van der Waals surface area contributed by atoms with Gasteiger partial charge in [-0.3, -0.25) is 13.9 Å². The first-order valence-electron chi connectivity index (χ1n) is 15.3. The zero-order valence-electron chi connectivity index (χ0n) is 28.1. The molecule has 45 heavy (non-hydrogen) atoms. The predicted molar refractivity (Wildman–Crippen MR) is 175 cm³/mol. The van der Waals surface area contributed by atoms with Gasteiger partial charge in [0.1, 0.15) is 25.0 Å². The Labute approximate surface area is 267 Å². The minimum atomic E-state index is -3.18. The summed E-state index contributed by atoms with van der Waals surface area (Å²) in [5.74, 6) is 0. The molecule has 6 atom stereocenters. The lowest BCUT2D eigenvalue weighted by Crippen LogP contribution is -2.52. The lowest BCUT2D eigenvalue weighted by Gasteiger charge is -2.41. The summed E-state index contributed by atoms with van der Waals surface area (Å²) in [4.78, 5) is 27.0. The normalized spacial score (nSPS) is 22.8. The fraction of sp³-hybridized carbons (Fsp3) is 0.677. The van der Waals surface area contributed by atoms with Crippen LogP contribution in [0.25, 0.3) is 0 Å². The van der Waals surface area contributed by atoms with Gasteiger partial charge in [0.25, 0.3) is 5.56 Å². The molecule has 0 aliphatic carbocycles. The SMILES string of the molecule is CCOP(C)(=O)C[C@H](O)[C@H]1O[C@@H](n2cc(C)c(=O)n(COCc3ccccc3)c2=O)[C@H](OCCOC)[C@@H]1O[Si](C)(C)C(C)(C)C. The largest absolute Gasteiger partial charge is 0.408 e. The van der Waals surface area contributed by atoms with Gasteiger partial charge in [-0.05, 0) is 37.5 Å². The van der Waals surface area contributed by atoms with Crippen molar-refractivity contribution in [3.8, 4) is 0 Å². The molecule has 14 heteroatoms. The van der Waals surface area contributed by atoms with E-state index in [1.807, 2.05) is 30.3 Å². The van der Waals surface area contributed by atoms with E-state index in [9.17, 15) is 19.3 Å². The standard InChI is InChI=1S/C31H51N2O10PSi/c1-10-41-44(7,37)20-24(34)25-26(43-45(8,9)31(3,4)5)27(40-17-16-38-6)29(42-25)32-18-22(2)28(35)33(30(32)36)21-39-19-23-14-12-11-13-15-23/h11-15,18,24-27,29,34H,10,16-17,19-21H2,1-9H3/t24-,25+,26+,27+,29+,44?/m0/s1. The highest BCUT2D eigenvalue weighted by Crippen LogP contribution is 2.47. The summed E-state index contributed by atoms with van der Waals surface area (Å²) in [6.07, 6.45) is -3.85.